The van der Waals surface area contributed by atoms with Crippen LogP contribution in [0.25, 0.3) is 0 Å². The molecule has 1 amide bonds. The van der Waals surface area contributed by atoms with E-state index in [0.717, 1.165) is 32.5 Å². The summed E-state index contributed by atoms with van der Waals surface area (Å²) in [5.41, 5.74) is 4.90. The van der Waals surface area contributed by atoms with E-state index in [1.165, 1.54) is 6.42 Å². The quantitative estimate of drug-likeness (QED) is 0.609. The zero-order valence-electron chi connectivity index (χ0n) is 11.9. The predicted molar refractivity (Wildman–Crippen MR) is 72.9 cm³/mol. The van der Waals surface area contributed by atoms with Gasteiger partial charge in [-0.1, -0.05) is 27.2 Å². The summed E-state index contributed by atoms with van der Waals surface area (Å²) in [6.45, 7) is 11.8. The van der Waals surface area contributed by atoms with Gasteiger partial charge in [0.05, 0.1) is 0 Å². The van der Waals surface area contributed by atoms with E-state index in [0.29, 0.717) is 6.54 Å². The second-order valence-electron chi connectivity index (χ2n) is 4.85. The van der Waals surface area contributed by atoms with E-state index in [2.05, 4.69) is 31.0 Å². The zero-order valence-corrected chi connectivity index (χ0v) is 11.9. The molecule has 1 unspecified atom stereocenters. The van der Waals surface area contributed by atoms with Crippen molar-refractivity contribution in [2.24, 2.45) is 5.73 Å². The topological polar surface area (TPSA) is 58.4 Å². The molecular formula is C13H29N3O. The maximum Gasteiger partial charge on any atom is 0.238 e. The SMILES string of the molecule is CCCCN(CC)CC(C)(NCCC)C(N)=O. The van der Waals surface area contributed by atoms with Gasteiger partial charge >= 0.3 is 0 Å². The third-order valence-corrected chi connectivity index (χ3v) is 3.12. The summed E-state index contributed by atoms with van der Waals surface area (Å²) in [5, 5.41) is 3.27. The van der Waals surface area contributed by atoms with Crippen LogP contribution in [0.4, 0.5) is 0 Å². The van der Waals surface area contributed by atoms with Crippen LogP contribution in [0.1, 0.15) is 47.0 Å². The Hall–Kier alpha value is -0.610. The number of likely N-dealkylation sites (N-methyl/N-ethyl adjacent to an activating group) is 1. The van der Waals surface area contributed by atoms with Gasteiger partial charge in [-0.2, -0.15) is 0 Å². The minimum Gasteiger partial charge on any atom is -0.368 e. The van der Waals surface area contributed by atoms with E-state index >= 15 is 0 Å². The lowest BCUT2D eigenvalue weighted by atomic mass is 10.00. The van der Waals surface area contributed by atoms with Gasteiger partial charge in [-0.05, 0) is 39.4 Å². The highest BCUT2D eigenvalue weighted by Crippen LogP contribution is 2.08. The fraction of sp³-hybridized carbons (Fsp3) is 0.923. The first kappa shape index (κ1) is 16.4. The highest BCUT2D eigenvalue weighted by molar-refractivity contribution is 5.84. The van der Waals surface area contributed by atoms with Crippen molar-refractivity contribution in [3.63, 3.8) is 0 Å². The van der Waals surface area contributed by atoms with Gasteiger partial charge in [-0.3, -0.25) is 4.79 Å². The zero-order chi connectivity index (χ0) is 13.3. The molecule has 1 atom stereocenters. The largest absolute Gasteiger partial charge is 0.368 e. The Kier molecular flexibility index (Phi) is 8.17. The van der Waals surface area contributed by atoms with Crippen LogP contribution in [-0.4, -0.2) is 42.5 Å². The van der Waals surface area contributed by atoms with Crippen LogP contribution in [0.3, 0.4) is 0 Å². The normalized spacial score (nSPS) is 14.9. The van der Waals surface area contributed by atoms with E-state index in [4.69, 9.17) is 5.73 Å². The smallest absolute Gasteiger partial charge is 0.238 e. The van der Waals surface area contributed by atoms with Crippen LogP contribution in [0.2, 0.25) is 0 Å². The van der Waals surface area contributed by atoms with Gasteiger partial charge in [0.1, 0.15) is 5.54 Å². The average molecular weight is 243 g/mol. The van der Waals surface area contributed by atoms with Crippen LogP contribution in [-0.2, 0) is 4.79 Å². The van der Waals surface area contributed by atoms with Crippen molar-refractivity contribution in [2.75, 3.05) is 26.2 Å². The summed E-state index contributed by atoms with van der Waals surface area (Å²) in [4.78, 5) is 13.9. The molecule has 0 saturated heterocycles. The monoisotopic (exact) mass is 243 g/mol. The lowest BCUT2D eigenvalue weighted by Crippen LogP contribution is -2.59. The molecule has 0 bridgehead atoms. The summed E-state index contributed by atoms with van der Waals surface area (Å²) in [5.74, 6) is -0.263. The molecule has 0 spiro atoms. The first-order chi connectivity index (χ1) is 8.00. The van der Waals surface area contributed by atoms with Gasteiger partial charge in [0.25, 0.3) is 0 Å². The summed E-state index contributed by atoms with van der Waals surface area (Å²) in [7, 11) is 0. The molecule has 102 valence electrons. The molecule has 4 heteroatoms. The van der Waals surface area contributed by atoms with E-state index in [1.54, 1.807) is 0 Å². The van der Waals surface area contributed by atoms with E-state index in [9.17, 15) is 4.79 Å². The van der Waals surface area contributed by atoms with Crippen LogP contribution in [0, 0.1) is 0 Å². The van der Waals surface area contributed by atoms with Crippen LogP contribution < -0.4 is 11.1 Å². The number of primary amides is 1. The number of amides is 1. The van der Waals surface area contributed by atoms with E-state index < -0.39 is 5.54 Å². The van der Waals surface area contributed by atoms with E-state index in [-0.39, 0.29) is 5.91 Å². The third kappa shape index (κ3) is 6.03. The molecule has 0 radical (unpaired) electrons. The molecule has 0 fully saturated rings. The van der Waals surface area contributed by atoms with E-state index in [1.807, 2.05) is 6.92 Å². The predicted octanol–water partition coefficient (Wildman–Crippen LogP) is 1.35. The number of hydrogen-bond donors (Lipinski definition) is 2. The molecule has 0 aliphatic rings. The first-order valence-corrected chi connectivity index (χ1v) is 6.77. The van der Waals surface area contributed by atoms with Crippen molar-refractivity contribution >= 4 is 5.91 Å². The molecule has 0 rings (SSSR count). The number of carbonyl (C=O) groups excluding carboxylic acids is 1. The Labute approximate surface area is 106 Å². The highest BCUT2D eigenvalue weighted by atomic mass is 16.1. The average Bonchev–Trinajstić information content (AvgIpc) is 2.31. The minimum atomic E-state index is -0.611. The fourth-order valence-electron chi connectivity index (χ4n) is 1.80. The summed E-state index contributed by atoms with van der Waals surface area (Å²) >= 11 is 0. The Morgan fingerprint density at radius 1 is 1.29 bits per heavy atom. The number of nitrogens with zero attached hydrogens (tertiary/aromatic N) is 1. The number of rotatable bonds is 10. The van der Waals surface area contributed by atoms with Gasteiger partial charge in [0, 0.05) is 6.54 Å². The van der Waals surface area contributed by atoms with Crippen molar-refractivity contribution in [2.45, 2.75) is 52.5 Å². The molecule has 3 N–H and O–H groups in total. The van der Waals surface area contributed by atoms with Gasteiger partial charge in [-0.25, -0.2) is 0 Å². The standard InChI is InChI=1S/C13H29N3O/c1-5-8-10-16(7-3)11-13(4,12(14)17)15-9-6-2/h15H,5-11H2,1-4H3,(H2,14,17). The van der Waals surface area contributed by atoms with Crippen molar-refractivity contribution < 1.29 is 4.79 Å². The second kappa shape index (κ2) is 8.48. The molecule has 0 aromatic rings. The van der Waals surface area contributed by atoms with Crippen molar-refractivity contribution in [3.8, 4) is 0 Å². The molecule has 0 heterocycles. The molecule has 17 heavy (non-hydrogen) atoms. The van der Waals surface area contributed by atoms with Crippen molar-refractivity contribution in [3.05, 3.63) is 0 Å². The lowest BCUT2D eigenvalue weighted by molar-refractivity contribution is -0.124. The maximum atomic E-state index is 11.6. The van der Waals surface area contributed by atoms with Crippen molar-refractivity contribution in [1.82, 2.24) is 10.2 Å². The Morgan fingerprint density at radius 3 is 2.35 bits per heavy atom. The highest BCUT2D eigenvalue weighted by Gasteiger charge is 2.31. The molecule has 0 aliphatic heterocycles. The van der Waals surface area contributed by atoms with Gasteiger partial charge in [0.15, 0.2) is 0 Å². The first-order valence-electron chi connectivity index (χ1n) is 6.77. The summed E-state index contributed by atoms with van der Waals surface area (Å²) in [6.07, 6.45) is 3.34. The fourth-order valence-corrected chi connectivity index (χ4v) is 1.80. The van der Waals surface area contributed by atoms with Gasteiger partial charge in [-0.15, -0.1) is 0 Å². The lowest BCUT2D eigenvalue weighted by Gasteiger charge is -2.33. The number of hydrogen-bond acceptors (Lipinski definition) is 3. The number of nitrogens with two attached hydrogens (primary N) is 1. The molecule has 0 aliphatic carbocycles. The second-order valence-corrected chi connectivity index (χ2v) is 4.85. The summed E-state index contributed by atoms with van der Waals surface area (Å²) in [6, 6.07) is 0. The third-order valence-electron chi connectivity index (χ3n) is 3.12. The number of unbranched alkanes of at least 4 members (excludes halogenated alkanes) is 1. The maximum absolute atomic E-state index is 11.6. The molecule has 0 aromatic heterocycles. The van der Waals surface area contributed by atoms with Crippen LogP contribution in [0.5, 0.6) is 0 Å². The molecule has 0 aromatic carbocycles. The van der Waals surface area contributed by atoms with Crippen LogP contribution in [0.15, 0.2) is 0 Å². The summed E-state index contributed by atoms with van der Waals surface area (Å²) < 4.78 is 0. The molecule has 0 saturated carbocycles. The van der Waals surface area contributed by atoms with Crippen molar-refractivity contribution in [1.29, 1.82) is 0 Å². The van der Waals surface area contributed by atoms with Gasteiger partial charge < -0.3 is 16.0 Å². The van der Waals surface area contributed by atoms with Gasteiger partial charge in [0.2, 0.25) is 5.91 Å². The Bertz CT molecular complexity index is 221. The van der Waals surface area contributed by atoms with Crippen LogP contribution >= 0.6 is 0 Å². The Morgan fingerprint density at radius 2 is 1.94 bits per heavy atom. The number of nitrogens with one attached hydrogen (secondary N) is 1. The Balaban J connectivity index is 4.43. The minimum absolute atomic E-state index is 0.263. The molecular weight excluding hydrogens is 214 g/mol. The number of carbonyl (C=O) groups is 1. The molecule has 4 nitrogen and oxygen atoms in total.